The van der Waals surface area contributed by atoms with E-state index in [1.165, 1.54) is 0 Å². The molecule has 0 aliphatic rings. The molecule has 0 amide bonds. The van der Waals surface area contributed by atoms with Gasteiger partial charge >= 0.3 is 0 Å². The van der Waals surface area contributed by atoms with Crippen molar-refractivity contribution in [1.29, 1.82) is 0 Å². The Morgan fingerprint density at radius 1 is 1.32 bits per heavy atom. The van der Waals surface area contributed by atoms with Crippen LogP contribution in [0.5, 0.6) is 0 Å². The summed E-state index contributed by atoms with van der Waals surface area (Å²) in [5, 5.41) is 5.05. The standard InChI is InChI=1S/C15H13ClN2S/c1-9-8-19-15(13(9)16)14(17)11-4-2-3-10-5-6-18-7-12(10)11/h2-8,14H,17H2,1H3. The monoisotopic (exact) mass is 288 g/mol. The fourth-order valence-corrected chi connectivity index (χ4v) is 3.54. The van der Waals surface area contributed by atoms with Gasteiger partial charge in [-0.3, -0.25) is 4.98 Å². The van der Waals surface area contributed by atoms with E-state index in [4.69, 9.17) is 17.3 Å². The maximum absolute atomic E-state index is 6.39. The van der Waals surface area contributed by atoms with E-state index in [1.54, 1.807) is 17.5 Å². The van der Waals surface area contributed by atoms with E-state index in [1.807, 2.05) is 36.7 Å². The summed E-state index contributed by atoms with van der Waals surface area (Å²) in [6, 6.07) is 7.91. The molecule has 96 valence electrons. The zero-order valence-electron chi connectivity index (χ0n) is 10.4. The van der Waals surface area contributed by atoms with Crippen LogP contribution in [0.25, 0.3) is 10.8 Å². The largest absolute Gasteiger partial charge is 0.320 e. The summed E-state index contributed by atoms with van der Waals surface area (Å²) >= 11 is 7.93. The van der Waals surface area contributed by atoms with Crippen molar-refractivity contribution in [1.82, 2.24) is 4.98 Å². The first-order valence-electron chi connectivity index (χ1n) is 6.00. The molecule has 1 unspecified atom stereocenters. The van der Waals surface area contributed by atoms with Crippen LogP contribution in [0.4, 0.5) is 0 Å². The Balaban J connectivity index is 2.17. The first-order chi connectivity index (χ1) is 9.18. The summed E-state index contributed by atoms with van der Waals surface area (Å²) in [6.07, 6.45) is 3.65. The van der Waals surface area contributed by atoms with Crippen LogP contribution in [-0.2, 0) is 0 Å². The smallest absolute Gasteiger partial charge is 0.0667 e. The van der Waals surface area contributed by atoms with E-state index in [0.29, 0.717) is 0 Å². The van der Waals surface area contributed by atoms with Gasteiger partial charge in [0.1, 0.15) is 0 Å². The normalized spacial score (nSPS) is 12.8. The molecule has 0 spiro atoms. The maximum Gasteiger partial charge on any atom is 0.0667 e. The highest BCUT2D eigenvalue weighted by Crippen LogP contribution is 2.36. The van der Waals surface area contributed by atoms with Gasteiger partial charge in [-0.2, -0.15) is 0 Å². The third-order valence-electron chi connectivity index (χ3n) is 3.26. The molecule has 0 aliphatic heterocycles. The van der Waals surface area contributed by atoms with Gasteiger partial charge in [0.25, 0.3) is 0 Å². The fourth-order valence-electron chi connectivity index (χ4n) is 2.21. The molecule has 0 saturated carbocycles. The van der Waals surface area contributed by atoms with Gasteiger partial charge in [-0.15, -0.1) is 11.3 Å². The Bertz CT molecular complexity index is 731. The molecule has 3 rings (SSSR count). The maximum atomic E-state index is 6.39. The van der Waals surface area contributed by atoms with E-state index in [0.717, 1.165) is 31.8 Å². The molecule has 2 aromatic heterocycles. The second-order valence-electron chi connectivity index (χ2n) is 4.52. The summed E-state index contributed by atoms with van der Waals surface area (Å²) in [5.41, 5.74) is 8.54. The number of pyridine rings is 1. The van der Waals surface area contributed by atoms with E-state index in [2.05, 4.69) is 11.1 Å². The molecule has 2 nitrogen and oxygen atoms in total. The minimum absolute atomic E-state index is 0.209. The number of benzene rings is 1. The predicted molar refractivity (Wildman–Crippen MR) is 81.8 cm³/mol. The van der Waals surface area contributed by atoms with Gasteiger partial charge in [0.15, 0.2) is 0 Å². The van der Waals surface area contributed by atoms with Gasteiger partial charge in [-0.25, -0.2) is 0 Å². The number of rotatable bonds is 2. The van der Waals surface area contributed by atoms with Crippen molar-refractivity contribution in [2.75, 3.05) is 0 Å². The minimum Gasteiger partial charge on any atom is -0.320 e. The van der Waals surface area contributed by atoms with Crippen molar-refractivity contribution in [2.24, 2.45) is 5.73 Å². The summed E-state index contributed by atoms with van der Waals surface area (Å²) in [7, 11) is 0. The average molecular weight is 289 g/mol. The highest BCUT2D eigenvalue weighted by molar-refractivity contribution is 7.10. The van der Waals surface area contributed by atoms with Gasteiger partial charge in [0, 0.05) is 22.7 Å². The molecular formula is C15H13ClN2S. The molecule has 2 heterocycles. The zero-order valence-corrected chi connectivity index (χ0v) is 12.0. The van der Waals surface area contributed by atoms with Crippen LogP contribution in [0.15, 0.2) is 42.0 Å². The summed E-state index contributed by atoms with van der Waals surface area (Å²) < 4.78 is 0. The van der Waals surface area contributed by atoms with Crippen molar-refractivity contribution < 1.29 is 0 Å². The first kappa shape index (κ1) is 12.6. The van der Waals surface area contributed by atoms with E-state index >= 15 is 0 Å². The number of thiophene rings is 1. The molecule has 0 fully saturated rings. The number of aromatic nitrogens is 1. The van der Waals surface area contributed by atoms with Crippen LogP contribution in [0.2, 0.25) is 5.02 Å². The van der Waals surface area contributed by atoms with E-state index < -0.39 is 0 Å². The molecule has 2 N–H and O–H groups in total. The lowest BCUT2D eigenvalue weighted by molar-refractivity contribution is 0.902. The number of hydrogen-bond donors (Lipinski definition) is 1. The molecule has 3 aromatic rings. The van der Waals surface area contributed by atoms with Crippen molar-refractivity contribution in [2.45, 2.75) is 13.0 Å². The van der Waals surface area contributed by atoms with Gasteiger partial charge in [0.05, 0.1) is 11.1 Å². The Morgan fingerprint density at radius 2 is 2.16 bits per heavy atom. The van der Waals surface area contributed by atoms with Crippen LogP contribution < -0.4 is 5.73 Å². The van der Waals surface area contributed by atoms with Crippen LogP contribution in [-0.4, -0.2) is 4.98 Å². The lowest BCUT2D eigenvalue weighted by atomic mass is 9.99. The fraction of sp³-hybridized carbons (Fsp3) is 0.133. The van der Waals surface area contributed by atoms with Crippen molar-refractivity contribution in [3.63, 3.8) is 0 Å². The molecule has 1 atom stereocenters. The third-order valence-corrected chi connectivity index (χ3v) is 5.06. The zero-order chi connectivity index (χ0) is 13.4. The van der Waals surface area contributed by atoms with Crippen LogP contribution in [0, 0.1) is 6.92 Å². The molecular weight excluding hydrogens is 276 g/mol. The molecule has 0 aliphatic carbocycles. The SMILES string of the molecule is Cc1csc(C(N)c2cccc3ccncc23)c1Cl. The number of aryl methyl sites for hydroxylation is 1. The minimum atomic E-state index is -0.209. The molecule has 0 saturated heterocycles. The molecule has 19 heavy (non-hydrogen) atoms. The molecule has 0 bridgehead atoms. The third kappa shape index (κ3) is 2.14. The second kappa shape index (κ2) is 4.93. The van der Waals surface area contributed by atoms with Gasteiger partial charge in [0.2, 0.25) is 0 Å². The Kier molecular flexibility index (Phi) is 3.27. The molecule has 1 aromatic carbocycles. The number of halogens is 1. The van der Waals surface area contributed by atoms with Crippen molar-refractivity contribution >= 4 is 33.7 Å². The Labute approximate surface area is 120 Å². The number of fused-ring (bicyclic) bond motifs is 1. The topological polar surface area (TPSA) is 38.9 Å². The lowest BCUT2D eigenvalue weighted by Gasteiger charge is -2.13. The number of nitrogens with two attached hydrogens (primary N) is 1. The van der Waals surface area contributed by atoms with E-state index in [-0.39, 0.29) is 6.04 Å². The summed E-state index contributed by atoms with van der Waals surface area (Å²) in [6.45, 7) is 2.00. The van der Waals surface area contributed by atoms with Crippen molar-refractivity contribution in [3.8, 4) is 0 Å². The highest BCUT2D eigenvalue weighted by Gasteiger charge is 2.17. The van der Waals surface area contributed by atoms with Crippen LogP contribution in [0.1, 0.15) is 22.0 Å². The molecule has 0 radical (unpaired) electrons. The average Bonchev–Trinajstić information content (AvgIpc) is 2.78. The first-order valence-corrected chi connectivity index (χ1v) is 7.26. The number of hydrogen-bond acceptors (Lipinski definition) is 3. The van der Waals surface area contributed by atoms with Crippen LogP contribution >= 0.6 is 22.9 Å². The Morgan fingerprint density at radius 3 is 2.89 bits per heavy atom. The summed E-state index contributed by atoms with van der Waals surface area (Å²) in [5.74, 6) is 0. The van der Waals surface area contributed by atoms with Crippen molar-refractivity contribution in [3.05, 3.63) is 63.1 Å². The van der Waals surface area contributed by atoms with Gasteiger partial charge in [-0.05, 0) is 34.9 Å². The van der Waals surface area contributed by atoms with E-state index in [9.17, 15) is 0 Å². The Hall–Kier alpha value is -1.42. The lowest BCUT2D eigenvalue weighted by Crippen LogP contribution is -2.11. The highest BCUT2D eigenvalue weighted by atomic mass is 35.5. The number of nitrogens with zero attached hydrogens (tertiary/aromatic N) is 1. The van der Waals surface area contributed by atoms with Gasteiger partial charge in [-0.1, -0.05) is 29.8 Å². The quantitative estimate of drug-likeness (QED) is 0.763. The molecule has 4 heteroatoms. The second-order valence-corrected chi connectivity index (χ2v) is 5.81. The predicted octanol–water partition coefficient (Wildman–Crippen LogP) is 4.31. The van der Waals surface area contributed by atoms with Gasteiger partial charge < -0.3 is 5.73 Å². The summed E-state index contributed by atoms with van der Waals surface area (Å²) in [4.78, 5) is 5.20. The van der Waals surface area contributed by atoms with Crippen LogP contribution in [0.3, 0.4) is 0 Å².